The van der Waals surface area contributed by atoms with Gasteiger partial charge in [0.1, 0.15) is 11.9 Å². The van der Waals surface area contributed by atoms with Crippen molar-refractivity contribution in [3.8, 4) is 17.0 Å². The Morgan fingerprint density at radius 1 is 0.875 bits per heavy atom. The Hall–Kier alpha value is -1.97. The molecule has 0 saturated carbocycles. The first kappa shape index (κ1) is 16.9. The predicted molar refractivity (Wildman–Crippen MR) is 99.3 cm³/mol. The van der Waals surface area contributed by atoms with Crippen LogP contribution in [0.3, 0.4) is 0 Å². The molecule has 0 aliphatic carbocycles. The molecular weight excluding hydrogens is 343 g/mol. The second kappa shape index (κ2) is 7.29. The van der Waals surface area contributed by atoms with E-state index in [-0.39, 0.29) is 0 Å². The van der Waals surface area contributed by atoms with Crippen LogP contribution < -0.4 is 9.47 Å². The van der Waals surface area contributed by atoms with E-state index in [0.29, 0.717) is 10.0 Å². The summed E-state index contributed by atoms with van der Waals surface area (Å²) in [6.45, 7) is 5.94. The summed E-state index contributed by atoms with van der Waals surface area (Å²) in [7, 11) is 0. The molecule has 3 nitrogen and oxygen atoms in total. The Bertz CT molecular complexity index is 806. The molecule has 3 rings (SSSR count). The lowest BCUT2D eigenvalue weighted by Gasteiger charge is -2.10. The lowest BCUT2D eigenvalue weighted by atomic mass is 10.2. The van der Waals surface area contributed by atoms with Gasteiger partial charge in [-0.1, -0.05) is 23.2 Å². The Balaban J connectivity index is 2.11. The summed E-state index contributed by atoms with van der Waals surface area (Å²) in [6.07, 6.45) is 2.00. The van der Waals surface area contributed by atoms with E-state index >= 15 is 0 Å². The average Bonchev–Trinajstić information content (AvgIpc) is 3.02. The van der Waals surface area contributed by atoms with E-state index in [2.05, 4.69) is 18.7 Å². The van der Waals surface area contributed by atoms with Gasteiger partial charge in [0.25, 0.3) is 0 Å². The van der Waals surface area contributed by atoms with Crippen LogP contribution in [0.2, 0.25) is 10.0 Å². The maximum Gasteiger partial charge on any atom is 0.462 e. The average molecular weight is 362 g/mol. The first-order chi connectivity index (χ1) is 11.6. The number of oxazole rings is 1. The molecule has 1 heterocycles. The van der Waals surface area contributed by atoms with Crippen molar-refractivity contribution in [1.29, 1.82) is 0 Å². The van der Waals surface area contributed by atoms with Gasteiger partial charge in [-0.15, -0.1) is 0 Å². The minimum Gasteiger partial charge on any atom is -0.387 e. The number of aromatic nitrogens is 1. The van der Waals surface area contributed by atoms with Crippen LogP contribution in [0.15, 0.2) is 59.1 Å². The smallest absolute Gasteiger partial charge is 0.387 e. The third-order valence-electron chi connectivity index (χ3n) is 3.92. The zero-order chi connectivity index (χ0) is 17.1. The van der Waals surface area contributed by atoms with E-state index in [1.54, 1.807) is 0 Å². The Morgan fingerprint density at radius 3 is 1.96 bits per heavy atom. The highest BCUT2D eigenvalue weighted by molar-refractivity contribution is 6.30. The van der Waals surface area contributed by atoms with Gasteiger partial charge in [0.15, 0.2) is 5.76 Å². The third kappa shape index (κ3) is 3.42. The molecule has 0 saturated heterocycles. The summed E-state index contributed by atoms with van der Waals surface area (Å²) >= 11 is 12.0. The summed E-state index contributed by atoms with van der Waals surface area (Å²) in [5, 5.41) is 1.42. The van der Waals surface area contributed by atoms with Gasteiger partial charge in [-0.2, -0.15) is 4.57 Å². The molecule has 0 N–H and O–H groups in total. The summed E-state index contributed by atoms with van der Waals surface area (Å²) in [5.41, 5.74) is 1.99. The largest absolute Gasteiger partial charge is 0.462 e. The lowest BCUT2D eigenvalue weighted by Crippen LogP contribution is -2.38. The van der Waals surface area contributed by atoms with Gasteiger partial charge in [-0.3, -0.25) is 0 Å². The number of rotatable bonds is 5. The van der Waals surface area contributed by atoms with Crippen molar-refractivity contribution in [2.24, 2.45) is 0 Å². The molecule has 0 aliphatic rings. The number of hydrogen-bond donors (Lipinski definition) is 0. The molecule has 24 heavy (non-hydrogen) atoms. The van der Waals surface area contributed by atoms with Gasteiger partial charge in [-0.05, 0) is 62.4 Å². The maximum absolute atomic E-state index is 6.18. The first-order valence-electron chi connectivity index (χ1n) is 7.94. The number of halogens is 2. The van der Waals surface area contributed by atoms with Crippen molar-refractivity contribution in [3.05, 3.63) is 64.8 Å². The molecule has 0 amide bonds. The molecule has 5 heteroatoms. The third-order valence-corrected chi connectivity index (χ3v) is 4.43. The van der Waals surface area contributed by atoms with Gasteiger partial charge in [-0.25, -0.2) is 4.90 Å². The standard InChI is InChI=1S/C19H19Cl2N2O/c1-3-22(4-2)19-23(17-11-9-16(21)10-12-17)13-18(24-19)14-5-7-15(20)8-6-14/h5-13H,3-4H2,1-2H3/q+1. The molecule has 0 bridgehead atoms. The van der Waals surface area contributed by atoms with E-state index in [4.69, 9.17) is 27.6 Å². The van der Waals surface area contributed by atoms with Crippen LogP contribution in [0.1, 0.15) is 13.8 Å². The van der Waals surface area contributed by atoms with Crippen LogP contribution in [0.5, 0.6) is 0 Å². The molecule has 124 valence electrons. The zero-order valence-electron chi connectivity index (χ0n) is 13.7. The monoisotopic (exact) mass is 361 g/mol. The molecule has 0 aliphatic heterocycles. The van der Waals surface area contributed by atoms with Crippen LogP contribution in [0.25, 0.3) is 17.0 Å². The Labute approximate surface area is 152 Å². The fraction of sp³-hybridized carbons (Fsp3) is 0.211. The van der Waals surface area contributed by atoms with E-state index < -0.39 is 0 Å². The molecule has 3 aromatic rings. The Kier molecular flexibility index (Phi) is 5.12. The highest BCUT2D eigenvalue weighted by Gasteiger charge is 2.25. The van der Waals surface area contributed by atoms with Gasteiger partial charge < -0.3 is 4.42 Å². The minimum absolute atomic E-state index is 0.708. The van der Waals surface area contributed by atoms with Crippen molar-refractivity contribution in [1.82, 2.24) is 0 Å². The van der Waals surface area contributed by atoms with Crippen molar-refractivity contribution in [2.45, 2.75) is 13.8 Å². The fourth-order valence-corrected chi connectivity index (χ4v) is 2.84. The number of anilines is 1. The molecular formula is C19H19Cl2N2O+. The number of nitrogens with zero attached hydrogens (tertiary/aromatic N) is 2. The van der Waals surface area contributed by atoms with Crippen molar-refractivity contribution in [3.63, 3.8) is 0 Å². The number of benzene rings is 2. The van der Waals surface area contributed by atoms with Crippen molar-refractivity contribution >= 4 is 29.2 Å². The summed E-state index contributed by atoms with van der Waals surface area (Å²) in [4.78, 5) is 2.17. The van der Waals surface area contributed by atoms with Gasteiger partial charge in [0.2, 0.25) is 0 Å². The highest BCUT2D eigenvalue weighted by Crippen LogP contribution is 2.26. The molecule has 0 fully saturated rings. The summed E-state index contributed by atoms with van der Waals surface area (Å²) in [5.74, 6) is 0.795. The fourth-order valence-electron chi connectivity index (χ4n) is 2.59. The van der Waals surface area contributed by atoms with Crippen LogP contribution in [-0.2, 0) is 0 Å². The Morgan fingerprint density at radius 2 is 1.42 bits per heavy atom. The second-order valence-corrected chi connectivity index (χ2v) is 6.28. The topological polar surface area (TPSA) is 20.3 Å². The van der Waals surface area contributed by atoms with Crippen molar-refractivity contribution in [2.75, 3.05) is 18.0 Å². The predicted octanol–water partition coefficient (Wildman–Crippen LogP) is 5.38. The van der Waals surface area contributed by atoms with Crippen LogP contribution in [0.4, 0.5) is 6.01 Å². The molecule has 0 spiro atoms. The lowest BCUT2D eigenvalue weighted by molar-refractivity contribution is -0.584. The van der Waals surface area contributed by atoms with Gasteiger partial charge >= 0.3 is 6.01 Å². The molecule has 1 aromatic heterocycles. The molecule has 2 aromatic carbocycles. The van der Waals surface area contributed by atoms with Crippen LogP contribution >= 0.6 is 23.2 Å². The van der Waals surface area contributed by atoms with E-state index in [1.165, 1.54) is 0 Å². The van der Waals surface area contributed by atoms with Gasteiger partial charge in [0.05, 0.1) is 13.1 Å². The minimum atomic E-state index is 0.708. The highest BCUT2D eigenvalue weighted by atomic mass is 35.5. The number of hydrogen-bond acceptors (Lipinski definition) is 2. The summed E-state index contributed by atoms with van der Waals surface area (Å²) < 4.78 is 8.23. The maximum atomic E-state index is 6.18. The van der Waals surface area contributed by atoms with Crippen molar-refractivity contribution < 1.29 is 8.98 Å². The van der Waals surface area contributed by atoms with Crippen LogP contribution in [-0.4, -0.2) is 13.1 Å². The molecule has 0 atom stereocenters. The van der Waals surface area contributed by atoms with Crippen LogP contribution in [0, 0.1) is 0 Å². The summed E-state index contributed by atoms with van der Waals surface area (Å²) in [6, 6.07) is 16.2. The van der Waals surface area contributed by atoms with E-state index in [0.717, 1.165) is 36.1 Å². The zero-order valence-corrected chi connectivity index (χ0v) is 15.2. The first-order valence-corrected chi connectivity index (χ1v) is 8.70. The van der Waals surface area contributed by atoms with Gasteiger partial charge in [0, 0.05) is 15.6 Å². The van der Waals surface area contributed by atoms with E-state index in [1.807, 2.05) is 59.3 Å². The SMILES string of the molecule is CCN(CC)c1oc(-c2ccc(Cl)cc2)c[n+]1-c1ccc(Cl)cc1. The normalized spacial score (nSPS) is 10.8. The molecule has 0 unspecified atom stereocenters. The molecule has 0 radical (unpaired) electrons. The van der Waals surface area contributed by atoms with E-state index in [9.17, 15) is 0 Å². The quantitative estimate of drug-likeness (QED) is 0.568. The second-order valence-electron chi connectivity index (χ2n) is 5.40.